The maximum absolute atomic E-state index is 14.6. The third kappa shape index (κ3) is 8.77. The number of anilines is 1. The van der Waals surface area contributed by atoms with Crippen LogP contribution in [-0.2, 0) is 32.6 Å². The van der Waals surface area contributed by atoms with Gasteiger partial charge in [0.25, 0.3) is 10.0 Å². The molecule has 0 fully saturated rings. The van der Waals surface area contributed by atoms with Crippen LogP contribution in [0.1, 0.15) is 47.6 Å². The number of halogens is 1. The van der Waals surface area contributed by atoms with E-state index in [1.165, 1.54) is 29.2 Å². The maximum atomic E-state index is 14.6. The highest BCUT2D eigenvalue weighted by molar-refractivity contribution is 7.92. The van der Waals surface area contributed by atoms with Crippen molar-refractivity contribution in [3.63, 3.8) is 0 Å². The van der Waals surface area contributed by atoms with Gasteiger partial charge in [0.2, 0.25) is 11.8 Å². The highest BCUT2D eigenvalue weighted by atomic mass is 35.5. The van der Waals surface area contributed by atoms with Crippen molar-refractivity contribution in [3.8, 4) is 0 Å². The molecule has 2 amide bonds. The van der Waals surface area contributed by atoms with Gasteiger partial charge in [-0.25, -0.2) is 8.42 Å². The predicted octanol–water partition coefficient (Wildman–Crippen LogP) is 7.02. The number of nitrogens with one attached hydrogen (secondary N) is 1. The lowest BCUT2D eigenvalue weighted by Crippen LogP contribution is -2.53. The first-order chi connectivity index (χ1) is 22.0. The molecule has 0 aliphatic rings. The third-order valence-electron chi connectivity index (χ3n) is 8.16. The molecule has 7 nitrogen and oxygen atoms in total. The largest absolute Gasteiger partial charge is 0.354 e. The summed E-state index contributed by atoms with van der Waals surface area (Å²) in [7, 11) is -4.21. The molecule has 1 N–H and O–H groups in total. The van der Waals surface area contributed by atoms with Gasteiger partial charge in [-0.3, -0.25) is 13.9 Å². The molecule has 1 atom stereocenters. The highest BCUT2D eigenvalue weighted by Crippen LogP contribution is 2.28. The Kier molecular flexibility index (Phi) is 12.0. The summed E-state index contributed by atoms with van der Waals surface area (Å²) < 4.78 is 29.6. The summed E-state index contributed by atoms with van der Waals surface area (Å²) in [6.45, 7) is 7.94. The second kappa shape index (κ2) is 15.9. The Labute approximate surface area is 278 Å². The molecule has 0 unspecified atom stereocenters. The van der Waals surface area contributed by atoms with E-state index in [2.05, 4.69) is 5.32 Å². The van der Waals surface area contributed by atoms with Gasteiger partial charge < -0.3 is 10.2 Å². The van der Waals surface area contributed by atoms with Crippen molar-refractivity contribution >= 4 is 39.1 Å². The zero-order chi connectivity index (χ0) is 33.3. The molecule has 0 saturated heterocycles. The van der Waals surface area contributed by atoms with Gasteiger partial charge in [0, 0.05) is 24.5 Å². The van der Waals surface area contributed by atoms with Crippen molar-refractivity contribution in [1.82, 2.24) is 10.2 Å². The molecule has 4 rings (SSSR count). The SMILES string of the molecule is CCCCNC(=O)[C@@H](Cc1ccccc1)N(Cc1ccccc1C)C(=O)CN(c1ccc(C)c(C)c1)S(=O)(=O)c1ccc(Cl)cc1. The second-order valence-electron chi connectivity index (χ2n) is 11.5. The fraction of sp³-hybridized carbons (Fsp3) is 0.297. The quantitative estimate of drug-likeness (QED) is 0.148. The third-order valence-corrected chi connectivity index (χ3v) is 10.2. The highest BCUT2D eigenvalue weighted by Gasteiger charge is 2.35. The Bertz CT molecular complexity index is 1740. The summed E-state index contributed by atoms with van der Waals surface area (Å²) in [5, 5.41) is 3.42. The molecule has 0 aliphatic heterocycles. The topological polar surface area (TPSA) is 86.8 Å². The van der Waals surface area contributed by atoms with Crippen LogP contribution >= 0.6 is 11.6 Å². The summed E-state index contributed by atoms with van der Waals surface area (Å²) in [5.74, 6) is -0.775. The predicted molar refractivity (Wildman–Crippen MR) is 185 cm³/mol. The average molecular weight is 660 g/mol. The van der Waals surface area contributed by atoms with Crippen LogP contribution in [0, 0.1) is 20.8 Å². The van der Waals surface area contributed by atoms with Crippen LogP contribution in [0.25, 0.3) is 0 Å². The van der Waals surface area contributed by atoms with Crippen LogP contribution in [0.3, 0.4) is 0 Å². The van der Waals surface area contributed by atoms with E-state index in [1.807, 2.05) is 88.4 Å². The number of benzene rings is 4. The van der Waals surface area contributed by atoms with Gasteiger partial charge in [-0.2, -0.15) is 0 Å². The van der Waals surface area contributed by atoms with Gasteiger partial charge in [0.15, 0.2) is 0 Å². The second-order valence-corrected chi connectivity index (χ2v) is 13.8. The number of sulfonamides is 1. The van der Waals surface area contributed by atoms with Gasteiger partial charge >= 0.3 is 0 Å². The van der Waals surface area contributed by atoms with E-state index in [1.54, 1.807) is 12.1 Å². The van der Waals surface area contributed by atoms with Crippen LogP contribution in [0.4, 0.5) is 5.69 Å². The molecule has 0 bridgehead atoms. The number of nitrogens with zero attached hydrogens (tertiary/aromatic N) is 2. The van der Waals surface area contributed by atoms with Gasteiger partial charge in [-0.15, -0.1) is 0 Å². The van der Waals surface area contributed by atoms with Gasteiger partial charge in [-0.1, -0.05) is 85.6 Å². The monoisotopic (exact) mass is 659 g/mol. The first-order valence-electron chi connectivity index (χ1n) is 15.5. The molecule has 0 aliphatic carbocycles. The van der Waals surface area contributed by atoms with Crippen molar-refractivity contribution in [2.45, 2.75) is 64.4 Å². The molecule has 9 heteroatoms. The van der Waals surface area contributed by atoms with E-state index in [-0.39, 0.29) is 23.8 Å². The van der Waals surface area contributed by atoms with Gasteiger partial charge in [0.1, 0.15) is 12.6 Å². The van der Waals surface area contributed by atoms with E-state index in [0.29, 0.717) is 17.3 Å². The minimum absolute atomic E-state index is 0.00604. The molecule has 0 heterocycles. The first-order valence-corrected chi connectivity index (χ1v) is 17.3. The Balaban J connectivity index is 1.81. The minimum atomic E-state index is -4.21. The molecule has 0 spiro atoms. The number of carbonyl (C=O) groups is 2. The first kappa shape index (κ1) is 34.7. The number of unbranched alkanes of at least 4 members (excludes halogenated alkanes) is 1. The number of hydrogen-bond donors (Lipinski definition) is 1. The van der Waals surface area contributed by atoms with Crippen LogP contribution in [0.15, 0.2) is 102 Å². The minimum Gasteiger partial charge on any atom is -0.354 e. The van der Waals surface area contributed by atoms with Gasteiger partial charge in [-0.05, 0) is 91.4 Å². The zero-order valence-corrected chi connectivity index (χ0v) is 28.4. The summed E-state index contributed by atoms with van der Waals surface area (Å²) in [6, 6.07) is 27.5. The lowest BCUT2D eigenvalue weighted by Gasteiger charge is -2.34. The number of amides is 2. The number of aryl methyl sites for hydroxylation is 3. The average Bonchev–Trinajstić information content (AvgIpc) is 3.04. The smallest absolute Gasteiger partial charge is 0.264 e. The summed E-state index contributed by atoms with van der Waals surface area (Å²) in [4.78, 5) is 30.0. The molecule has 46 heavy (non-hydrogen) atoms. The molecular weight excluding hydrogens is 618 g/mol. The number of rotatable bonds is 14. The maximum Gasteiger partial charge on any atom is 0.264 e. The molecule has 4 aromatic rings. The summed E-state index contributed by atoms with van der Waals surface area (Å²) in [6.07, 6.45) is 1.97. The standard InChI is InChI=1S/C37H42ClN3O4S/c1-5-6-22-39-37(43)35(24-30-13-8-7-9-14-30)40(25-31-15-11-10-12-28(31)3)36(42)26-41(33-19-16-27(2)29(4)23-33)46(44,45)34-20-17-32(38)18-21-34/h7-21,23,35H,5-6,22,24-26H2,1-4H3,(H,39,43)/t35-/m1/s1. The number of hydrogen-bond acceptors (Lipinski definition) is 4. The van der Waals surface area contributed by atoms with E-state index < -0.39 is 28.5 Å². The van der Waals surface area contributed by atoms with Crippen molar-refractivity contribution < 1.29 is 18.0 Å². The molecule has 4 aromatic carbocycles. The fourth-order valence-electron chi connectivity index (χ4n) is 5.17. The molecular formula is C37H42ClN3O4S. The van der Waals surface area contributed by atoms with Crippen LogP contribution in [-0.4, -0.2) is 44.3 Å². The van der Waals surface area contributed by atoms with Crippen LogP contribution in [0.5, 0.6) is 0 Å². The molecule has 0 aromatic heterocycles. The van der Waals surface area contributed by atoms with E-state index in [9.17, 15) is 18.0 Å². The van der Waals surface area contributed by atoms with Crippen molar-refractivity contribution in [2.75, 3.05) is 17.4 Å². The zero-order valence-electron chi connectivity index (χ0n) is 26.9. The Morgan fingerprint density at radius 2 is 1.50 bits per heavy atom. The van der Waals surface area contributed by atoms with Gasteiger partial charge in [0.05, 0.1) is 10.6 Å². The summed E-state index contributed by atoms with van der Waals surface area (Å²) >= 11 is 6.08. The van der Waals surface area contributed by atoms with Crippen LogP contribution in [0.2, 0.25) is 5.02 Å². The normalized spacial score (nSPS) is 11.9. The Morgan fingerprint density at radius 3 is 2.15 bits per heavy atom. The van der Waals surface area contributed by atoms with Crippen molar-refractivity contribution in [3.05, 3.63) is 130 Å². The molecule has 0 radical (unpaired) electrons. The van der Waals surface area contributed by atoms with Crippen LogP contribution < -0.4 is 9.62 Å². The molecule has 0 saturated carbocycles. The van der Waals surface area contributed by atoms with E-state index in [4.69, 9.17) is 11.6 Å². The van der Waals surface area contributed by atoms with Crippen molar-refractivity contribution in [1.29, 1.82) is 0 Å². The number of carbonyl (C=O) groups excluding carboxylic acids is 2. The molecule has 242 valence electrons. The lowest BCUT2D eigenvalue weighted by molar-refractivity contribution is -0.140. The van der Waals surface area contributed by atoms with Crippen molar-refractivity contribution in [2.24, 2.45) is 0 Å². The van der Waals surface area contributed by atoms with E-state index >= 15 is 0 Å². The fourth-order valence-corrected chi connectivity index (χ4v) is 6.71. The van der Waals surface area contributed by atoms with E-state index in [0.717, 1.165) is 45.0 Å². The Morgan fingerprint density at radius 1 is 0.826 bits per heavy atom. The lowest BCUT2D eigenvalue weighted by atomic mass is 10.0. The summed E-state index contributed by atoms with van der Waals surface area (Å²) in [5.41, 5.74) is 4.95. The Hall–Kier alpha value is -4.14.